The van der Waals surface area contributed by atoms with Crippen LogP contribution in [0, 0.1) is 25.1 Å². The largest absolute Gasteiger partial charge is 0.184 e. The second-order valence-corrected chi connectivity index (χ2v) is 8.21. The smallest absolute Gasteiger partial charge is 0.0253 e. The number of hydrogen-bond donors (Lipinski definition) is 0. The molecule has 1 aliphatic carbocycles. The number of rotatable bonds is 0. The average Bonchev–Trinajstić information content (AvgIpc) is 3.56. The first-order valence-corrected chi connectivity index (χ1v) is 16.3. The zero-order chi connectivity index (χ0) is 26.1. The molecule has 0 saturated carbocycles. The van der Waals surface area contributed by atoms with Gasteiger partial charge in [0.05, 0.1) is 0 Å². The second kappa shape index (κ2) is 20.3. The van der Waals surface area contributed by atoms with Crippen molar-refractivity contribution >= 4 is 42.5 Å². The maximum atomic E-state index is 3.30. The molecular weight excluding hydrogens is 611 g/mol. The van der Waals surface area contributed by atoms with Gasteiger partial charge in [-0.05, 0) is 6.42 Å². The van der Waals surface area contributed by atoms with Crippen molar-refractivity contribution in [3.05, 3.63) is 174 Å². The van der Waals surface area contributed by atoms with Crippen LogP contribution in [-0.4, -0.2) is 6.88 Å². The van der Waals surface area contributed by atoms with E-state index < -0.39 is 0 Å². The van der Waals surface area contributed by atoms with Crippen LogP contribution in [0.2, 0.25) is 0 Å². The average molecular weight is 641 g/mol. The van der Waals surface area contributed by atoms with Crippen molar-refractivity contribution in [2.24, 2.45) is 0 Å². The van der Waals surface area contributed by atoms with Crippen LogP contribution in [0.1, 0.15) is 16.7 Å². The van der Waals surface area contributed by atoms with Crippen molar-refractivity contribution in [2.45, 2.75) is 13.3 Å². The van der Waals surface area contributed by atoms with Crippen molar-refractivity contribution in [1.82, 2.24) is 0 Å². The summed E-state index contributed by atoms with van der Waals surface area (Å²) in [5, 5.41) is 2.69. The van der Waals surface area contributed by atoms with E-state index >= 15 is 0 Å². The van der Waals surface area contributed by atoms with Gasteiger partial charge in [-0.3, -0.25) is 0 Å². The van der Waals surface area contributed by atoms with Crippen LogP contribution >= 0.6 is 24.8 Å². The Bertz CT molecular complexity index is 1290. The molecule has 6 aromatic carbocycles. The minimum Gasteiger partial charge on any atom is -0.184 e. The van der Waals surface area contributed by atoms with E-state index in [4.69, 9.17) is 0 Å². The number of benzene rings is 5. The number of fused-ring (bicyclic) bond motifs is 4. The topological polar surface area (TPSA) is 0 Å². The van der Waals surface area contributed by atoms with Gasteiger partial charge in [0.15, 0.2) is 0 Å². The molecule has 0 spiro atoms. The quantitative estimate of drug-likeness (QED) is 0.115. The fourth-order valence-electron chi connectivity index (χ4n) is 3.99. The van der Waals surface area contributed by atoms with Gasteiger partial charge in [-0.15, -0.1) is 71.0 Å². The van der Waals surface area contributed by atoms with Gasteiger partial charge in [0.25, 0.3) is 0 Å². The summed E-state index contributed by atoms with van der Waals surface area (Å²) in [6.07, 6.45) is 1.05. The molecule has 0 nitrogen and oxygen atoms in total. The third-order valence-corrected chi connectivity index (χ3v) is 5.59. The minimum absolute atomic E-state index is 0. The maximum Gasteiger partial charge on any atom is -0.0253 e. The normalized spacial score (nSPS) is 9.33. The summed E-state index contributed by atoms with van der Waals surface area (Å²) in [5.41, 5.74) is 6.86. The summed E-state index contributed by atoms with van der Waals surface area (Å²) >= 11 is 1.36. The van der Waals surface area contributed by atoms with Crippen LogP contribution in [0.15, 0.2) is 140 Å². The van der Waals surface area contributed by atoms with E-state index in [1.807, 2.05) is 66.7 Å². The molecule has 4 heteroatoms. The summed E-state index contributed by atoms with van der Waals surface area (Å²) < 4.78 is 0. The Balaban J connectivity index is 0.000000263. The van der Waals surface area contributed by atoms with Crippen LogP contribution in [-0.2, 0) is 29.8 Å². The van der Waals surface area contributed by atoms with Crippen molar-refractivity contribution < 1.29 is 23.3 Å². The van der Waals surface area contributed by atoms with Crippen LogP contribution in [0.25, 0.3) is 21.9 Å². The van der Waals surface area contributed by atoms with E-state index in [1.165, 1.54) is 61.9 Å². The molecule has 196 valence electrons. The monoisotopic (exact) mass is 638 g/mol. The summed E-state index contributed by atoms with van der Waals surface area (Å²) in [7, 11) is 0. The van der Waals surface area contributed by atoms with E-state index in [-0.39, 0.29) is 24.8 Å². The molecule has 6 aromatic rings. The molecule has 0 saturated heterocycles. The Morgan fingerprint density at radius 2 is 1.21 bits per heavy atom. The van der Waals surface area contributed by atoms with Crippen molar-refractivity contribution in [1.29, 1.82) is 0 Å². The summed E-state index contributed by atoms with van der Waals surface area (Å²) in [6, 6.07) is 55.9. The Hall–Kier alpha value is -2.61. The molecule has 39 heavy (non-hydrogen) atoms. The molecule has 0 bridgehead atoms. The molecule has 1 aliphatic rings. The number of halogens is 2. The SMILES string of the molecule is Cc1cc2ccccc2[cH-]1.Cl.Cl.[Si]=[Zr].[c-]1cccc2c1Cc1ccccc1-2.[c-]1ccccc1.[c-]1ccccc1. The number of hydrogen-bond acceptors (Lipinski definition) is 0. The fraction of sp³-hybridized carbons (Fsp3) is 0.0571. The maximum absolute atomic E-state index is 3.30. The standard InChI is InChI=1S/C13H9.C10H9.2C6H5.2ClH.Si.Zr/c1-3-7-12-10(5-1)9-11-6-2-4-8-13(11)12;1-8-6-9-4-2-3-5-10(9)7-8;2*1-2-4-6-5-3-1;;;;/h1-5,7-8H,9H2;2-7H,1H3;2*1-5H;2*1H;;/q4*-1;;;;. The van der Waals surface area contributed by atoms with E-state index in [0.29, 0.717) is 0 Å². The minimum atomic E-state index is 0. The van der Waals surface area contributed by atoms with Crippen molar-refractivity contribution in [2.75, 3.05) is 0 Å². The van der Waals surface area contributed by atoms with Crippen LogP contribution in [0.4, 0.5) is 0 Å². The van der Waals surface area contributed by atoms with Gasteiger partial charge in [-0.2, -0.15) is 109 Å². The molecule has 2 radical (unpaired) electrons. The van der Waals surface area contributed by atoms with E-state index in [2.05, 4.69) is 105 Å². The van der Waals surface area contributed by atoms with Gasteiger partial charge in [-0.1, -0.05) is 48.4 Å². The van der Waals surface area contributed by atoms with Crippen molar-refractivity contribution in [3.63, 3.8) is 0 Å². The predicted molar refractivity (Wildman–Crippen MR) is 169 cm³/mol. The summed E-state index contributed by atoms with van der Waals surface area (Å²) in [6.45, 7) is 5.19. The number of aryl methyl sites for hydroxylation is 1. The van der Waals surface area contributed by atoms with E-state index in [0.717, 1.165) is 6.42 Å². The molecule has 0 amide bonds. The Morgan fingerprint density at radius 1 is 0.641 bits per heavy atom. The molecule has 0 unspecified atom stereocenters. The predicted octanol–water partition coefficient (Wildman–Crippen LogP) is 9.36. The van der Waals surface area contributed by atoms with Gasteiger partial charge in [0.1, 0.15) is 0 Å². The van der Waals surface area contributed by atoms with E-state index in [9.17, 15) is 0 Å². The van der Waals surface area contributed by atoms with Gasteiger partial charge in [-0.25, -0.2) is 0 Å². The molecule has 0 fully saturated rings. The van der Waals surface area contributed by atoms with Gasteiger partial charge in [0.2, 0.25) is 0 Å². The zero-order valence-corrected chi connectivity index (χ0v) is 26.9. The Morgan fingerprint density at radius 3 is 1.77 bits per heavy atom. The molecule has 7 rings (SSSR count). The Kier molecular flexibility index (Phi) is 17.9. The fourth-order valence-corrected chi connectivity index (χ4v) is 3.99. The first-order chi connectivity index (χ1) is 18.3. The molecular formula is C35H30Cl2SiZr-4. The van der Waals surface area contributed by atoms with Crippen molar-refractivity contribution in [3.8, 4) is 11.1 Å². The van der Waals surface area contributed by atoms with Gasteiger partial charge in [0, 0.05) is 0 Å². The molecule has 0 atom stereocenters. The van der Waals surface area contributed by atoms with Crippen LogP contribution in [0.5, 0.6) is 0 Å². The third-order valence-electron chi connectivity index (χ3n) is 5.59. The van der Waals surface area contributed by atoms with Gasteiger partial charge >= 0.3 is 30.2 Å². The summed E-state index contributed by atoms with van der Waals surface area (Å²) in [5.74, 6) is 0. The molecule has 0 N–H and O–H groups in total. The van der Waals surface area contributed by atoms with Crippen LogP contribution in [0.3, 0.4) is 0 Å². The third kappa shape index (κ3) is 11.6. The molecule has 0 aliphatic heterocycles. The first-order valence-electron chi connectivity index (χ1n) is 12.1. The zero-order valence-electron chi connectivity index (χ0n) is 21.8. The summed E-state index contributed by atoms with van der Waals surface area (Å²) in [4.78, 5) is 0. The van der Waals surface area contributed by atoms with Crippen LogP contribution < -0.4 is 0 Å². The second-order valence-electron chi connectivity index (χ2n) is 8.21. The molecule has 0 aromatic heterocycles. The van der Waals surface area contributed by atoms with Gasteiger partial charge < -0.3 is 0 Å². The molecule has 0 heterocycles. The first kappa shape index (κ1) is 34.4. The van der Waals surface area contributed by atoms with E-state index in [1.54, 1.807) is 0 Å². The Labute approximate surface area is 262 Å².